The number of benzene rings is 1. The van der Waals surface area contributed by atoms with Crippen LogP contribution in [0, 0.1) is 0 Å². The number of carbonyl (C=O) groups is 1. The van der Waals surface area contributed by atoms with E-state index in [2.05, 4.69) is 30.4 Å². The number of hydrogen-bond acceptors (Lipinski definition) is 2. The van der Waals surface area contributed by atoms with Gasteiger partial charge in [-0.3, -0.25) is 4.79 Å². The first-order chi connectivity index (χ1) is 9.74. The van der Waals surface area contributed by atoms with E-state index in [1.807, 2.05) is 13.2 Å². The second kappa shape index (κ2) is 7.13. The molecular weight excluding hydrogens is 250 g/mol. The fraction of sp³-hybridized carbons (Fsp3) is 0.471. The fourth-order valence-electron chi connectivity index (χ4n) is 2.32. The van der Waals surface area contributed by atoms with Gasteiger partial charge < -0.3 is 9.73 Å². The molecule has 0 spiro atoms. The van der Waals surface area contributed by atoms with Crippen molar-refractivity contribution < 1.29 is 9.21 Å². The second-order valence-corrected chi connectivity index (χ2v) is 5.15. The summed E-state index contributed by atoms with van der Waals surface area (Å²) >= 11 is 0. The molecule has 1 amide bonds. The van der Waals surface area contributed by atoms with Crippen LogP contribution in [0.1, 0.15) is 44.2 Å². The Morgan fingerprint density at radius 2 is 2.10 bits per heavy atom. The molecule has 0 unspecified atom stereocenters. The topological polar surface area (TPSA) is 42.2 Å². The number of furan rings is 1. The van der Waals surface area contributed by atoms with Crippen molar-refractivity contribution >= 4 is 16.9 Å². The van der Waals surface area contributed by atoms with E-state index in [0.717, 1.165) is 18.4 Å². The van der Waals surface area contributed by atoms with Gasteiger partial charge in [-0.05, 0) is 42.5 Å². The molecule has 3 nitrogen and oxygen atoms in total. The zero-order valence-electron chi connectivity index (χ0n) is 12.4. The van der Waals surface area contributed by atoms with Crippen LogP contribution in [0.15, 0.2) is 28.9 Å². The zero-order valence-corrected chi connectivity index (χ0v) is 12.4. The van der Waals surface area contributed by atoms with E-state index < -0.39 is 0 Å². The Hall–Kier alpha value is -1.77. The fourth-order valence-corrected chi connectivity index (χ4v) is 2.32. The molecule has 0 radical (unpaired) electrons. The molecule has 0 saturated carbocycles. The van der Waals surface area contributed by atoms with Gasteiger partial charge in [-0.1, -0.05) is 26.3 Å². The van der Waals surface area contributed by atoms with Gasteiger partial charge in [0, 0.05) is 18.4 Å². The maximum absolute atomic E-state index is 11.2. The van der Waals surface area contributed by atoms with Crippen molar-refractivity contribution in [3.05, 3.63) is 35.6 Å². The lowest BCUT2D eigenvalue weighted by Gasteiger charge is -2.03. The molecule has 0 aliphatic rings. The first-order valence-electron chi connectivity index (χ1n) is 7.50. The van der Waals surface area contributed by atoms with Gasteiger partial charge in [-0.2, -0.15) is 0 Å². The minimum absolute atomic E-state index is 0.0986. The first kappa shape index (κ1) is 14.6. The summed E-state index contributed by atoms with van der Waals surface area (Å²) < 4.78 is 5.58. The Kier molecular flexibility index (Phi) is 5.22. The van der Waals surface area contributed by atoms with Gasteiger partial charge >= 0.3 is 0 Å². The maximum atomic E-state index is 11.2. The molecule has 2 rings (SSSR count). The number of unbranched alkanes of at least 4 members (excludes halogenated alkanes) is 1. The molecule has 3 heteroatoms. The minimum Gasteiger partial charge on any atom is -0.464 e. The van der Waals surface area contributed by atoms with E-state index >= 15 is 0 Å². The molecule has 0 aliphatic heterocycles. The lowest BCUT2D eigenvalue weighted by Crippen LogP contribution is -2.24. The average molecular weight is 273 g/mol. The third-order valence-electron chi connectivity index (χ3n) is 3.57. The Balaban J connectivity index is 2.06. The van der Waals surface area contributed by atoms with Crippen LogP contribution in [0.4, 0.5) is 0 Å². The summed E-state index contributed by atoms with van der Waals surface area (Å²) in [4.78, 5) is 11.2. The van der Waals surface area contributed by atoms with Gasteiger partial charge in [0.15, 0.2) is 0 Å². The highest BCUT2D eigenvalue weighted by molar-refractivity contribution is 5.82. The molecule has 1 aromatic carbocycles. The smallest absolute Gasteiger partial charge is 0.219 e. The van der Waals surface area contributed by atoms with Gasteiger partial charge in [-0.25, -0.2) is 0 Å². The van der Waals surface area contributed by atoms with E-state index in [1.54, 1.807) is 0 Å². The molecule has 2 aromatic rings. The average Bonchev–Trinajstić information content (AvgIpc) is 2.87. The number of hydrogen-bond donors (Lipinski definition) is 1. The molecule has 108 valence electrons. The maximum Gasteiger partial charge on any atom is 0.219 e. The van der Waals surface area contributed by atoms with Crippen molar-refractivity contribution in [2.45, 2.75) is 46.0 Å². The molecule has 0 atom stereocenters. The largest absolute Gasteiger partial charge is 0.464 e. The Labute approximate surface area is 120 Å². The Morgan fingerprint density at radius 1 is 1.25 bits per heavy atom. The molecule has 0 fully saturated rings. The molecule has 0 saturated heterocycles. The van der Waals surface area contributed by atoms with Crippen LogP contribution < -0.4 is 5.32 Å². The predicted octanol–water partition coefficient (Wildman–Crippen LogP) is 3.84. The summed E-state index contributed by atoms with van der Waals surface area (Å²) in [6.07, 6.45) is 6.70. The van der Waals surface area contributed by atoms with E-state index in [9.17, 15) is 4.79 Å². The number of amides is 1. The Bertz CT molecular complexity index is 571. The molecule has 20 heavy (non-hydrogen) atoms. The van der Waals surface area contributed by atoms with E-state index in [4.69, 9.17) is 4.42 Å². The van der Waals surface area contributed by atoms with Crippen molar-refractivity contribution in [3.63, 3.8) is 0 Å². The zero-order chi connectivity index (χ0) is 14.4. The van der Waals surface area contributed by atoms with Gasteiger partial charge in [0.1, 0.15) is 5.58 Å². The number of carbonyl (C=O) groups excluding carboxylic acids is 1. The number of aryl methyl sites for hydroxylation is 1. The quantitative estimate of drug-likeness (QED) is 0.832. The molecule has 0 aliphatic carbocycles. The summed E-state index contributed by atoms with van der Waals surface area (Å²) in [6, 6.07) is 6.42. The van der Waals surface area contributed by atoms with Crippen LogP contribution >= 0.6 is 0 Å². The minimum atomic E-state index is 0.0986. The lowest BCUT2D eigenvalue weighted by molar-refractivity contribution is -0.120. The van der Waals surface area contributed by atoms with Gasteiger partial charge in [0.05, 0.1) is 6.26 Å². The molecule has 1 N–H and O–H groups in total. The normalized spacial score (nSPS) is 10.9. The number of rotatable bonds is 7. The lowest BCUT2D eigenvalue weighted by atomic mass is 10.0. The van der Waals surface area contributed by atoms with Crippen molar-refractivity contribution in [2.24, 2.45) is 0 Å². The molecular formula is C17H23NO2. The van der Waals surface area contributed by atoms with Gasteiger partial charge in [0.25, 0.3) is 0 Å². The first-order valence-corrected chi connectivity index (χ1v) is 7.50. The van der Waals surface area contributed by atoms with Crippen molar-refractivity contribution in [1.29, 1.82) is 0 Å². The SMILES string of the molecule is CCCCc1ccc2occ(CCNC(=O)CC)c2c1. The van der Waals surface area contributed by atoms with Crippen molar-refractivity contribution in [2.75, 3.05) is 6.54 Å². The molecule has 1 aromatic heterocycles. The summed E-state index contributed by atoms with van der Waals surface area (Å²) in [5, 5.41) is 4.09. The highest BCUT2D eigenvalue weighted by Crippen LogP contribution is 2.23. The van der Waals surface area contributed by atoms with Crippen LogP contribution in [0.5, 0.6) is 0 Å². The number of nitrogens with one attached hydrogen (secondary N) is 1. The van der Waals surface area contributed by atoms with Crippen LogP contribution in [-0.2, 0) is 17.6 Å². The highest BCUT2D eigenvalue weighted by atomic mass is 16.3. The van der Waals surface area contributed by atoms with Crippen molar-refractivity contribution in [1.82, 2.24) is 5.32 Å². The molecule has 0 bridgehead atoms. The summed E-state index contributed by atoms with van der Waals surface area (Å²) in [6.45, 7) is 4.74. The van der Waals surface area contributed by atoms with Crippen LogP contribution in [0.3, 0.4) is 0 Å². The molecule has 1 heterocycles. The van der Waals surface area contributed by atoms with E-state index in [0.29, 0.717) is 13.0 Å². The van der Waals surface area contributed by atoms with Crippen LogP contribution in [0.25, 0.3) is 11.0 Å². The van der Waals surface area contributed by atoms with Crippen LogP contribution in [0.2, 0.25) is 0 Å². The summed E-state index contributed by atoms with van der Waals surface area (Å²) in [7, 11) is 0. The third-order valence-corrected chi connectivity index (χ3v) is 3.57. The monoisotopic (exact) mass is 273 g/mol. The second-order valence-electron chi connectivity index (χ2n) is 5.15. The van der Waals surface area contributed by atoms with Gasteiger partial charge in [-0.15, -0.1) is 0 Å². The van der Waals surface area contributed by atoms with Crippen molar-refractivity contribution in [3.8, 4) is 0 Å². The highest BCUT2D eigenvalue weighted by Gasteiger charge is 2.07. The summed E-state index contributed by atoms with van der Waals surface area (Å²) in [5.41, 5.74) is 3.47. The van der Waals surface area contributed by atoms with E-state index in [-0.39, 0.29) is 5.91 Å². The summed E-state index contributed by atoms with van der Waals surface area (Å²) in [5.74, 6) is 0.0986. The Morgan fingerprint density at radius 3 is 2.85 bits per heavy atom. The predicted molar refractivity (Wildman–Crippen MR) is 81.8 cm³/mol. The van der Waals surface area contributed by atoms with E-state index in [1.165, 1.54) is 29.4 Å². The van der Waals surface area contributed by atoms with Crippen LogP contribution in [-0.4, -0.2) is 12.5 Å². The van der Waals surface area contributed by atoms with Gasteiger partial charge in [0.2, 0.25) is 5.91 Å². The number of fused-ring (bicyclic) bond motifs is 1. The third kappa shape index (κ3) is 3.62. The standard InChI is InChI=1S/C17H23NO2/c1-3-5-6-13-7-8-16-15(11-13)14(12-20-16)9-10-18-17(19)4-2/h7-8,11-12H,3-6,9-10H2,1-2H3,(H,18,19).